The topological polar surface area (TPSA) is 86.8 Å². The van der Waals surface area contributed by atoms with Gasteiger partial charge in [0.1, 0.15) is 0 Å². The zero-order chi connectivity index (χ0) is 24.8. The van der Waals surface area contributed by atoms with Crippen LogP contribution in [0.1, 0.15) is 53.9 Å². The minimum atomic E-state index is -3.63. The molecule has 1 fully saturated rings. The van der Waals surface area contributed by atoms with Crippen LogP contribution in [0.25, 0.3) is 11.1 Å². The summed E-state index contributed by atoms with van der Waals surface area (Å²) in [4.78, 5) is 29.4. The second-order valence-electron chi connectivity index (χ2n) is 10.4. The van der Waals surface area contributed by atoms with Gasteiger partial charge >= 0.3 is 0 Å². The molecule has 1 heterocycles. The van der Waals surface area contributed by atoms with E-state index >= 15 is 0 Å². The summed E-state index contributed by atoms with van der Waals surface area (Å²) in [6, 6.07) is 12.3. The van der Waals surface area contributed by atoms with Gasteiger partial charge in [0.15, 0.2) is 0 Å². The van der Waals surface area contributed by atoms with Crippen LogP contribution in [0.5, 0.6) is 0 Å². The summed E-state index contributed by atoms with van der Waals surface area (Å²) in [5.74, 6) is 0.111. The number of rotatable bonds is 4. The molecule has 2 aliphatic rings. The maximum absolute atomic E-state index is 13.2. The smallest absolute Gasteiger partial charge is 0.241 e. The molecule has 1 atom stereocenters. The molecule has 0 saturated heterocycles. The van der Waals surface area contributed by atoms with E-state index in [0.29, 0.717) is 6.54 Å². The summed E-state index contributed by atoms with van der Waals surface area (Å²) in [5.41, 5.74) is 2.58. The fourth-order valence-corrected chi connectivity index (χ4v) is 6.08. The molecule has 34 heavy (non-hydrogen) atoms. The Morgan fingerprint density at radius 1 is 0.971 bits per heavy atom. The van der Waals surface area contributed by atoms with Crippen molar-refractivity contribution >= 4 is 33.2 Å². The number of hydrogen-bond donors (Lipinski definition) is 1. The molecule has 2 amide bonds. The first-order valence-corrected chi connectivity index (χ1v) is 13.3. The average Bonchev–Trinajstić information content (AvgIpc) is 2.69. The highest BCUT2D eigenvalue weighted by atomic mass is 32.2. The van der Waals surface area contributed by atoms with Gasteiger partial charge in [-0.1, -0.05) is 24.6 Å². The summed E-state index contributed by atoms with van der Waals surface area (Å²) < 4.78 is 27.9. The van der Waals surface area contributed by atoms with E-state index in [4.69, 9.17) is 0 Å². The Morgan fingerprint density at radius 3 is 2.12 bits per heavy atom. The standard InChI is InChI=1S/C26H33N3O4S/c1-17-16-28(25(31)20-7-6-8-20)24-15-21(11-14-23(24)29(17)18(2)30)19-9-12-22(13-10-19)34(32,33)27-26(3,4)5/h9-15,17,20,27H,6-8,16H2,1-5H3. The molecule has 182 valence electrons. The van der Waals surface area contributed by atoms with E-state index in [0.717, 1.165) is 41.8 Å². The highest BCUT2D eigenvalue weighted by Gasteiger charge is 2.37. The third kappa shape index (κ3) is 4.74. The molecular formula is C26H33N3O4S. The van der Waals surface area contributed by atoms with Gasteiger partial charge in [0.2, 0.25) is 21.8 Å². The van der Waals surface area contributed by atoms with Crippen molar-refractivity contribution in [3.8, 4) is 11.1 Å². The minimum Gasteiger partial charge on any atom is -0.308 e. The van der Waals surface area contributed by atoms with E-state index in [1.165, 1.54) is 0 Å². The number of hydrogen-bond acceptors (Lipinski definition) is 4. The van der Waals surface area contributed by atoms with Gasteiger partial charge in [0.05, 0.1) is 22.3 Å². The summed E-state index contributed by atoms with van der Waals surface area (Å²) in [6.07, 6.45) is 2.90. The van der Waals surface area contributed by atoms with Crippen molar-refractivity contribution in [1.82, 2.24) is 4.72 Å². The van der Waals surface area contributed by atoms with Crippen molar-refractivity contribution in [2.45, 2.75) is 70.4 Å². The van der Waals surface area contributed by atoms with Crippen LogP contribution in [-0.2, 0) is 19.6 Å². The predicted molar refractivity (Wildman–Crippen MR) is 134 cm³/mol. The summed E-state index contributed by atoms with van der Waals surface area (Å²) in [6.45, 7) is 9.36. The van der Waals surface area contributed by atoms with Gasteiger partial charge in [-0.15, -0.1) is 0 Å². The highest BCUT2D eigenvalue weighted by molar-refractivity contribution is 7.89. The molecule has 1 aliphatic carbocycles. The van der Waals surface area contributed by atoms with Crippen LogP contribution in [0.3, 0.4) is 0 Å². The molecule has 1 aliphatic heterocycles. The minimum absolute atomic E-state index is 0.0485. The maximum atomic E-state index is 13.2. The van der Waals surface area contributed by atoms with Crippen LogP contribution in [0.4, 0.5) is 11.4 Å². The molecule has 4 rings (SSSR count). The zero-order valence-corrected chi connectivity index (χ0v) is 21.3. The van der Waals surface area contributed by atoms with E-state index in [1.54, 1.807) is 56.9 Å². The largest absolute Gasteiger partial charge is 0.308 e. The van der Waals surface area contributed by atoms with Crippen LogP contribution < -0.4 is 14.5 Å². The van der Waals surface area contributed by atoms with Gasteiger partial charge in [-0.2, -0.15) is 0 Å². The maximum Gasteiger partial charge on any atom is 0.241 e. The van der Waals surface area contributed by atoms with Gasteiger partial charge < -0.3 is 9.80 Å². The molecule has 0 radical (unpaired) electrons. The second kappa shape index (κ2) is 8.82. The highest BCUT2D eigenvalue weighted by Crippen LogP contribution is 2.41. The predicted octanol–water partition coefficient (Wildman–Crippen LogP) is 4.32. The molecule has 2 aromatic carbocycles. The van der Waals surface area contributed by atoms with E-state index in [2.05, 4.69) is 4.72 Å². The van der Waals surface area contributed by atoms with E-state index in [1.807, 2.05) is 30.0 Å². The number of nitrogens with one attached hydrogen (secondary N) is 1. The van der Waals surface area contributed by atoms with Gasteiger partial charge in [-0.05, 0) is 75.9 Å². The number of fused-ring (bicyclic) bond motifs is 1. The summed E-state index contributed by atoms with van der Waals surface area (Å²) in [7, 11) is -3.63. The van der Waals surface area contributed by atoms with Crippen LogP contribution in [0, 0.1) is 5.92 Å². The first-order chi connectivity index (χ1) is 15.9. The van der Waals surface area contributed by atoms with Crippen LogP contribution in [0.15, 0.2) is 47.4 Å². The quantitative estimate of drug-likeness (QED) is 0.702. The first-order valence-electron chi connectivity index (χ1n) is 11.8. The lowest BCUT2D eigenvalue weighted by molar-refractivity contribution is -0.125. The Kier molecular flexibility index (Phi) is 6.33. The van der Waals surface area contributed by atoms with Gasteiger partial charge in [0, 0.05) is 24.9 Å². The lowest BCUT2D eigenvalue weighted by Gasteiger charge is -2.43. The summed E-state index contributed by atoms with van der Waals surface area (Å²) >= 11 is 0. The molecule has 1 saturated carbocycles. The molecule has 1 unspecified atom stereocenters. The Balaban J connectivity index is 1.71. The number of carbonyl (C=O) groups excluding carboxylic acids is 2. The number of benzene rings is 2. The monoisotopic (exact) mass is 483 g/mol. The molecule has 0 aromatic heterocycles. The van der Waals surface area contributed by atoms with Crippen molar-refractivity contribution in [2.24, 2.45) is 5.92 Å². The second-order valence-corrected chi connectivity index (χ2v) is 12.1. The first kappa shape index (κ1) is 24.4. The fraction of sp³-hybridized carbons (Fsp3) is 0.462. The molecule has 0 bridgehead atoms. The van der Waals surface area contributed by atoms with Crippen LogP contribution >= 0.6 is 0 Å². The molecule has 0 spiro atoms. The third-order valence-corrected chi connectivity index (χ3v) is 8.19. The number of amides is 2. The van der Waals surface area contributed by atoms with Crippen molar-refractivity contribution < 1.29 is 18.0 Å². The van der Waals surface area contributed by atoms with E-state index < -0.39 is 15.6 Å². The van der Waals surface area contributed by atoms with E-state index in [9.17, 15) is 18.0 Å². The lowest BCUT2D eigenvalue weighted by atomic mass is 9.84. The lowest BCUT2D eigenvalue weighted by Crippen LogP contribution is -2.53. The Bertz CT molecular complexity index is 1210. The molecular weight excluding hydrogens is 450 g/mol. The number of sulfonamides is 1. The fourth-order valence-electron chi connectivity index (χ4n) is 4.66. The van der Waals surface area contributed by atoms with Gasteiger partial charge in [-0.3, -0.25) is 9.59 Å². The van der Waals surface area contributed by atoms with Crippen LogP contribution in [0.2, 0.25) is 0 Å². The third-order valence-electron chi connectivity index (χ3n) is 6.41. The Morgan fingerprint density at radius 2 is 1.59 bits per heavy atom. The number of anilines is 2. The normalized spacial score (nSPS) is 18.9. The zero-order valence-electron chi connectivity index (χ0n) is 20.5. The van der Waals surface area contributed by atoms with E-state index in [-0.39, 0.29) is 28.7 Å². The number of carbonyl (C=O) groups is 2. The Labute approximate surface area is 202 Å². The van der Waals surface area contributed by atoms with Crippen molar-refractivity contribution in [3.05, 3.63) is 42.5 Å². The molecule has 7 nitrogen and oxygen atoms in total. The SMILES string of the molecule is CC(=O)N1c2ccc(-c3ccc(S(=O)(=O)NC(C)(C)C)cc3)cc2N(C(=O)C2CCC2)CC1C. The van der Waals surface area contributed by atoms with Crippen LogP contribution in [-0.4, -0.2) is 38.4 Å². The molecule has 2 aromatic rings. The molecule has 8 heteroatoms. The summed E-state index contributed by atoms with van der Waals surface area (Å²) in [5, 5.41) is 0. The number of nitrogens with zero attached hydrogens (tertiary/aromatic N) is 2. The van der Waals surface area contributed by atoms with Gasteiger partial charge in [-0.25, -0.2) is 13.1 Å². The molecule has 1 N–H and O–H groups in total. The Hall–Kier alpha value is -2.71. The van der Waals surface area contributed by atoms with Crippen molar-refractivity contribution in [2.75, 3.05) is 16.3 Å². The van der Waals surface area contributed by atoms with Crippen molar-refractivity contribution in [3.63, 3.8) is 0 Å². The van der Waals surface area contributed by atoms with Gasteiger partial charge in [0.25, 0.3) is 0 Å². The average molecular weight is 484 g/mol. The van der Waals surface area contributed by atoms with Crippen molar-refractivity contribution in [1.29, 1.82) is 0 Å².